The lowest BCUT2D eigenvalue weighted by Gasteiger charge is -2.54. The summed E-state index contributed by atoms with van der Waals surface area (Å²) in [4.78, 5) is 0. The second kappa shape index (κ2) is 9.15. The molecule has 3 aliphatic rings. The average Bonchev–Trinajstić information content (AvgIpc) is 3.24. The second-order valence-corrected chi connectivity index (χ2v) is 11.8. The summed E-state index contributed by atoms with van der Waals surface area (Å²) in [5, 5.41) is 0. The lowest BCUT2D eigenvalue weighted by Crippen LogP contribution is -2.57. The maximum Gasteiger partial charge on any atom is 0.219 e. The van der Waals surface area contributed by atoms with E-state index in [4.69, 9.17) is 23.7 Å². The third-order valence-corrected chi connectivity index (χ3v) is 9.08. The highest BCUT2D eigenvalue weighted by Gasteiger charge is 2.70. The van der Waals surface area contributed by atoms with Crippen LogP contribution in [0.4, 0.5) is 0 Å². The molecule has 0 unspecified atom stereocenters. The smallest absolute Gasteiger partial charge is 0.219 e. The van der Waals surface area contributed by atoms with Gasteiger partial charge in [-0.2, -0.15) is 0 Å². The number of allylic oxidation sites excluding steroid dienone is 3. The Morgan fingerprint density at radius 1 is 1.09 bits per heavy atom. The number of methoxy groups -OCH3 is 3. The Hall–Kier alpha value is -1.98. The Morgan fingerprint density at radius 2 is 1.83 bits per heavy atom. The fourth-order valence-electron chi connectivity index (χ4n) is 6.82. The first kappa shape index (κ1) is 26.1. The number of rotatable bonds is 7. The summed E-state index contributed by atoms with van der Waals surface area (Å²) in [6.07, 6.45) is 10.4. The summed E-state index contributed by atoms with van der Waals surface area (Å²) in [5.74, 6) is 2.12. The van der Waals surface area contributed by atoms with Gasteiger partial charge in [0.1, 0.15) is 17.3 Å². The Labute approximate surface area is 211 Å². The van der Waals surface area contributed by atoms with E-state index in [0.29, 0.717) is 0 Å². The van der Waals surface area contributed by atoms with Crippen molar-refractivity contribution in [2.45, 2.75) is 97.6 Å². The molecule has 1 saturated heterocycles. The van der Waals surface area contributed by atoms with E-state index in [1.807, 2.05) is 6.07 Å². The molecule has 0 bridgehead atoms. The van der Waals surface area contributed by atoms with Gasteiger partial charge in [0, 0.05) is 36.3 Å². The Morgan fingerprint density at radius 3 is 2.46 bits per heavy atom. The van der Waals surface area contributed by atoms with E-state index in [2.05, 4.69) is 59.8 Å². The molecule has 5 heteroatoms. The number of aryl methyl sites for hydroxylation is 1. The van der Waals surface area contributed by atoms with Crippen molar-refractivity contribution in [3.63, 3.8) is 0 Å². The molecule has 0 aromatic heterocycles. The van der Waals surface area contributed by atoms with Gasteiger partial charge in [0.05, 0.1) is 25.9 Å². The van der Waals surface area contributed by atoms with Crippen molar-refractivity contribution >= 4 is 0 Å². The van der Waals surface area contributed by atoms with E-state index < -0.39 is 11.4 Å². The topological polar surface area (TPSA) is 46.2 Å². The van der Waals surface area contributed by atoms with Crippen LogP contribution < -0.4 is 9.47 Å². The second-order valence-electron chi connectivity index (χ2n) is 11.8. The fourth-order valence-corrected chi connectivity index (χ4v) is 6.82. The van der Waals surface area contributed by atoms with E-state index in [9.17, 15) is 0 Å². The zero-order valence-electron chi connectivity index (χ0n) is 23.2. The highest BCUT2D eigenvalue weighted by atomic mass is 16.7. The van der Waals surface area contributed by atoms with Crippen molar-refractivity contribution in [2.24, 2.45) is 10.8 Å². The minimum Gasteiger partial charge on any atom is -0.497 e. The van der Waals surface area contributed by atoms with Gasteiger partial charge in [0.25, 0.3) is 0 Å². The molecule has 0 amide bonds. The molecule has 0 radical (unpaired) electrons. The number of fused-ring (bicyclic) bond motifs is 2. The minimum absolute atomic E-state index is 0.00364. The van der Waals surface area contributed by atoms with Crippen LogP contribution in [0.25, 0.3) is 0 Å². The molecular formula is C30H44O5. The predicted octanol–water partition coefficient (Wildman–Crippen LogP) is 6.91. The van der Waals surface area contributed by atoms with Crippen molar-refractivity contribution < 1.29 is 23.7 Å². The van der Waals surface area contributed by atoms with Gasteiger partial charge in [-0.3, -0.25) is 0 Å². The number of benzene rings is 1. The van der Waals surface area contributed by atoms with Crippen LogP contribution in [0.2, 0.25) is 0 Å². The standard InChI is InChI=1S/C30H44O5/c1-20(11-12-22-17-23(31-7)16-21(2)26(22)33-9)15-24-18-28(5)13-10-14-29(28,6)30(34-24)19-25(32-8)27(3,4)35-30/h11,16-18,25H,10,12-15,19H2,1-9H3/t25-,28+,29+,30+/m1/s1. The third-order valence-electron chi connectivity index (χ3n) is 9.08. The van der Waals surface area contributed by atoms with Gasteiger partial charge in [0.15, 0.2) is 0 Å². The van der Waals surface area contributed by atoms with Crippen LogP contribution in [0, 0.1) is 17.8 Å². The van der Waals surface area contributed by atoms with E-state index in [-0.39, 0.29) is 16.9 Å². The quantitative estimate of drug-likeness (QED) is 0.393. The van der Waals surface area contributed by atoms with Crippen molar-refractivity contribution in [1.29, 1.82) is 0 Å². The minimum atomic E-state index is -0.667. The largest absolute Gasteiger partial charge is 0.497 e. The lowest BCUT2D eigenvalue weighted by molar-refractivity contribution is -0.309. The first-order valence-electron chi connectivity index (χ1n) is 12.9. The first-order valence-corrected chi connectivity index (χ1v) is 12.9. The molecule has 5 nitrogen and oxygen atoms in total. The van der Waals surface area contributed by atoms with Crippen molar-refractivity contribution in [1.82, 2.24) is 0 Å². The number of hydrogen-bond donors (Lipinski definition) is 0. The Kier molecular flexibility index (Phi) is 6.82. The monoisotopic (exact) mass is 484 g/mol. The van der Waals surface area contributed by atoms with Crippen LogP contribution >= 0.6 is 0 Å². The van der Waals surface area contributed by atoms with Gasteiger partial charge in [-0.05, 0) is 70.7 Å². The molecule has 0 N–H and O–H groups in total. The maximum absolute atomic E-state index is 6.88. The summed E-state index contributed by atoms with van der Waals surface area (Å²) in [6.45, 7) is 13.2. The molecule has 35 heavy (non-hydrogen) atoms. The van der Waals surface area contributed by atoms with E-state index in [1.165, 1.54) is 12.0 Å². The van der Waals surface area contributed by atoms with Gasteiger partial charge in [-0.15, -0.1) is 0 Å². The Bertz CT molecular complexity index is 1020. The van der Waals surface area contributed by atoms with Crippen LogP contribution in [0.1, 0.15) is 77.8 Å². The van der Waals surface area contributed by atoms with Gasteiger partial charge in [0.2, 0.25) is 5.79 Å². The molecule has 4 atom stereocenters. The van der Waals surface area contributed by atoms with E-state index in [1.54, 1.807) is 21.3 Å². The summed E-state index contributed by atoms with van der Waals surface area (Å²) in [7, 11) is 5.21. The highest BCUT2D eigenvalue weighted by molar-refractivity contribution is 5.47. The van der Waals surface area contributed by atoms with E-state index in [0.717, 1.165) is 60.5 Å². The average molecular weight is 485 g/mol. The zero-order valence-corrected chi connectivity index (χ0v) is 23.2. The Balaban J connectivity index is 1.61. The van der Waals surface area contributed by atoms with Gasteiger partial charge < -0.3 is 23.7 Å². The van der Waals surface area contributed by atoms with Crippen LogP contribution in [0.15, 0.2) is 35.6 Å². The molecule has 1 aromatic rings. The van der Waals surface area contributed by atoms with Crippen LogP contribution in [0.3, 0.4) is 0 Å². The van der Waals surface area contributed by atoms with Crippen LogP contribution in [0.5, 0.6) is 11.5 Å². The molecular weight excluding hydrogens is 440 g/mol. The molecule has 194 valence electrons. The third kappa shape index (κ3) is 4.29. The van der Waals surface area contributed by atoms with Crippen molar-refractivity contribution in [2.75, 3.05) is 21.3 Å². The highest BCUT2D eigenvalue weighted by Crippen LogP contribution is 2.67. The number of ether oxygens (including phenoxy) is 5. The SMILES string of the molecule is COc1cc(C)c(OC)c(CC=C(C)CC2=C[C@]3(C)CCC[C@]3(C)[C@@]3(C[C@@H](OC)C(C)(C)O3)O2)c1. The van der Waals surface area contributed by atoms with Crippen molar-refractivity contribution in [3.05, 3.63) is 46.7 Å². The van der Waals surface area contributed by atoms with Crippen LogP contribution in [-0.2, 0) is 20.6 Å². The number of hydrogen-bond acceptors (Lipinski definition) is 5. The summed E-state index contributed by atoms with van der Waals surface area (Å²) < 4.78 is 30.8. The van der Waals surface area contributed by atoms with E-state index >= 15 is 0 Å². The predicted molar refractivity (Wildman–Crippen MR) is 139 cm³/mol. The molecule has 1 aromatic carbocycles. The first-order chi connectivity index (χ1) is 16.4. The molecule has 1 aliphatic carbocycles. The van der Waals surface area contributed by atoms with Gasteiger partial charge >= 0.3 is 0 Å². The molecule has 2 heterocycles. The molecule has 2 fully saturated rings. The molecule has 4 rings (SSSR count). The summed E-state index contributed by atoms with van der Waals surface area (Å²) in [5.41, 5.74) is 3.02. The van der Waals surface area contributed by atoms with Crippen LogP contribution in [-0.4, -0.2) is 38.8 Å². The summed E-state index contributed by atoms with van der Waals surface area (Å²) in [6, 6.07) is 4.07. The van der Waals surface area contributed by atoms with Gasteiger partial charge in [-0.1, -0.05) is 31.9 Å². The normalized spacial score (nSPS) is 33.9. The maximum atomic E-state index is 6.88. The van der Waals surface area contributed by atoms with Crippen molar-refractivity contribution in [3.8, 4) is 11.5 Å². The molecule has 1 spiro atoms. The summed E-state index contributed by atoms with van der Waals surface area (Å²) >= 11 is 0. The van der Waals surface area contributed by atoms with Gasteiger partial charge in [-0.25, -0.2) is 0 Å². The fraction of sp³-hybridized carbons (Fsp3) is 0.667. The molecule has 2 aliphatic heterocycles. The zero-order chi connectivity index (χ0) is 25.6. The molecule has 1 saturated carbocycles. The lowest BCUT2D eigenvalue weighted by atomic mass is 9.60.